The predicted molar refractivity (Wildman–Crippen MR) is 113 cm³/mol. The SMILES string of the molecule is O=C(CCC1CCCC1)NC(=Cc1ccc(Oc2ncccc2Br)cc1)C(=O)O. The van der Waals surface area contributed by atoms with Crippen molar-refractivity contribution in [2.45, 2.75) is 38.5 Å². The van der Waals surface area contributed by atoms with Crippen LogP contribution in [0, 0.1) is 5.92 Å². The molecule has 1 aliphatic carbocycles. The van der Waals surface area contributed by atoms with E-state index in [-0.39, 0.29) is 11.6 Å². The van der Waals surface area contributed by atoms with E-state index in [0.717, 1.165) is 10.9 Å². The van der Waals surface area contributed by atoms with Crippen LogP contribution in [0.1, 0.15) is 44.1 Å². The first kappa shape index (κ1) is 21.0. The van der Waals surface area contributed by atoms with Gasteiger partial charge < -0.3 is 15.2 Å². The number of amides is 1. The molecule has 1 saturated carbocycles. The Balaban J connectivity index is 1.61. The third-order valence-electron chi connectivity index (χ3n) is 4.89. The van der Waals surface area contributed by atoms with Crippen molar-refractivity contribution in [2.75, 3.05) is 0 Å². The molecule has 0 unspecified atom stereocenters. The number of carbonyl (C=O) groups excluding carboxylic acids is 1. The van der Waals surface area contributed by atoms with Crippen molar-refractivity contribution in [2.24, 2.45) is 5.92 Å². The molecule has 0 spiro atoms. The second kappa shape index (κ2) is 10.2. The molecule has 0 atom stereocenters. The highest BCUT2D eigenvalue weighted by Crippen LogP contribution is 2.29. The summed E-state index contributed by atoms with van der Waals surface area (Å²) in [6.07, 6.45) is 9.01. The van der Waals surface area contributed by atoms with Gasteiger partial charge in [0.1, 0.15) is 11.4 Å². The maximum absolute atomic E-state index is 12.1. The molecule has 0 saturated heterocycles. The van der Waals surface area contributed by atoms with Crippen LogP contribution in [0.25, 0.3) is 6.08 Å². The minimum absolute atomic E-state index is 0.137. The minimum Gasteiger partial charge on any atom is -0.477 e. The summed E-state index contributed by atoms with van der Waals surface area (Å²) in [6.45, 7) is 0. The Morgan fingerprint density at radius 1 is 1.21 bits per heavy atom. The molecule has 1 heterocycles. The maximum Gasteiger partial charge on any atom is 0.352 e. The van der Waals surface area contributed by atoms with Crippen molar-refractivity contribution in [1.29, 1.82) is 0 Å². The fraction of sp³-hybridized carbons (Fsp3) is 0.318. The number of aliphatic carboxylic acids is 1. The van der Waals surface area contributed by atoms with E-state index in [1.807, 2.05) is 6.07 Å². The molecule has 1 aliphatic rings. The highest BCUT2D eigenvalue weighted by atomic mass is 79.9. The van der Waals surface area contributed by atoms with Crippen LogP contribution >= 0.6 is 15.9 Å². The second-order valence-corrected chi connectivity index (χ2v) is 7.92. The molecular weight excluding hydrogens is 436 g/mol. The molecule has 7 heteroatoms. The number of carbonyl (C=O) groups is 2. The van der Waals surface area contributed by atoms with Gasteiger partial charge in [-0.2, -0.15) is 0 Å². The summed E-state index contributed by atoms with van der Waals surface area (Å²) in [7, 11) is 0. The number of carboxylic acid groups (broad SMARTS) is 1. The molecule has 0 aliphatic heterocycles. The summed E-state index contributed by atoms with van der Waals surface area (Å²) in [5, 5.41) is 11.9. The van der Waals surface area contributed by atoms with Crippen LogP contribution in [-0.2, 0) is 9.59 Å². The molecule has 2 N–H and O–H groups in total. The Morgan fingerprint density at radius 3 is 2.59 bits per heavy atom. The largest absolute Gasteiger partial charge is 0.477 e. The quantitative estimate of drug-likeness (QED) is 0.534. The summed E-state index contributed by atoms with van der Waals surface area (Å²) >= 11 is 3.37. The Hall–Kier alpha value is -2.67. The molecule has 0 bridgehead atoms. The number of hydrogen-bond acceptors (Lipinski definition) is 4. The number of halogens is 1. The summed E-state index contributed by atoms with van der Waals surface area (Å²) < 4.78 is 6.43. The molecule has 1 amide bonds. The highest BCUT2D eigenvalue weighted by molar-refractivity contribution is 9.10. The summed E-state index contributed by atoms with van der Waals surface area (Å²) in [5.41, 5.74) is 0.508. The van der Waals surface area contributed by atoms with Crippen molar-refractivity contribution in [3.8, 4) is 11.6 Å². The fourth-order valence-electron chi connectivity index (χ4n) is 3.35. The standard InChI is InChI=1S/C22H23BrN2O4/c23-18-6-3-13-24-21(18)29-17-10-7-16(8-11-17)14-19(22(27)28)25-20(26)12-9-15-4-1-2-5-15/h3,6-8,10-11,13-15H,1-2,4-5,9,12H2,(H,25,26)(H,27,28). The lowest BCUT2D eigenvalue weighted by Crippen LogP contribution is -2.27. The van der Waals surface area contributed by atoms with Crippen molar-refractivity contribution < 1.29 is 19.4 Å². The van der Waals surface area contributed by atoms with Gasteiger partial charge in [0.2, 0.25) is 11.8 Å². The zero-order valence-electron chi connectivity index (χ0n) is 15.9. The van der Waals surface area contributed by atoms with Crippen molar-refractivity contribution in [1.82, 2.24) is 10.3 Å². The van der Waals surface area contributed by atoms with Crippen molar-refractivity contribution >= 4 is 33.9 Å². The van der Waals surface area contributed by atoms with E-state index in [1.54, 1.807) is 36.5 Å². The Kier molecular flexibility index (Phi) is 7.41. The minimum atomic E-state index is -1.17. The number of carboxylic acids is 1. The molecule has 6 nitrogen and oxygen atoms in total. The van der Waals surface area contributed by atoms with Gasteiger partial charge in [0.05, 0.1) is 4.47 Å². The normalized spacial score (nSPS) is 14.6. The fourth-order valence-corrected chi connectivity index (χ4v) is 3.69. The maximum atomic E-state index is 12.1. The van der Waals surface area contributed by atoms with E-state index in [2.05, 4.69) is 26.2 Å². The first-order valence-electron chi connectivity index (χ1n) is 9.64. The summed E-state index contributed by atoms with van der Waals surface area (Å²) in [5.74, 6) is 0.169. The Bertz CT molecular complexity index is 890. The number of ether oxygens (including phenoxy) is 1. The summed E-state index contributed by atoms with van der Waals surface area (Å²) in [6, 6.07) is 10.5. The Morgan fingerprint density at radius 2 is 1.93 bits per heavy atom. The van der Waals surface area contributed by atoms with Crippen LogP contribution in [-0.4, -0.2) is 22.0 Å². The number of aromatic nitrogens is 1. The first-order valence-corrected chi connectivity index (χ1v) is 10.4. The lowest BCUT2D eigenvalue weighted by Gasteiger charge is -2.10. The third kappa shape index (κ3) is 6.42. The number of benzene rings is 1. The third-order valence-corrected chi connectivity index (χ3v) is 5.49. The van der Waals surface area contributed by atoms with Crippen LogP contribution in [0.15, 0.2) is 52.8 Å². The van der Waals surface area contributed by atoms with Gasteiger partial charge in [0.25, 0.3) is 0 Å². The zero-order chi connectivity index (χ0) is 20.6. The molecule has 1 aromatic heterocycles. The lowest BCUT2D eigenvalue weighted by atomic mass is 10.0. The highest BCUT2D eigenvalue weighted by Gasteiger charge is 2.17. The number of pyridine rings is 1. The van der Waals surface area contributed by atoms with E-state index in [1.165, 1.54) is 31.8 Å². The molecule has 1 fully saturated rings. The van der Waals surface area contributed by atoms with Crippen molar-refractivity contribution in [3.63, 3.8) is 0 Å². The smallest absolute Gasteiger partial charge is 0.352 e. The molecular formula is C22H23BrN2O4. The molecule has 152 valence electrons. The molecule has 2 aromatic rings. The van der Waals surface area contributed by atoms with Gasteiger partial charge in [-0.1, -0.05) is 37.8 Å². The topological polar surface area (TPSA) is 88.5 Å². The average molecular weight is 459 g/mol. The first-order chi connectivity index (χ1) is 14.0. The van der Waals surface area contributed by atoms with E-state index in [0.29, 0.717) is 29.5 Å². The number of rotatable bonds is 8. The summed E-state index contributed by atoms with van der Waals surface area (Å²) in [4.78, 5) is 27.8. The molecule has 3 rings (SSSR count). The predicted octanol–water partition coefficient (Wildman–Crippen LogP) is 5.15. The van der Waals surface area contributed by atoms with E-state index in [9.17, 15) is 14.7 Å². The van der Waals surface area contributed by atoms with Crippen LogP contribution in [0.2, 0.25) is 0 Å². The zero-order valence-corrected chi connectivity index (χ0v) is 17.5. The lowest BCUT2D eigenvalue weighted by molar-refractivity contribution is -0.134. The van der Waals surface area contributed by atoms with Gasteiger partial charge in [-0.3, -0.25) is 4.79 Å². The van der Waals surface area contributed by atoms with Gasteiger partial charge in [-0.15, -0.1) is 0 Å². The molecule has 0 radical (unpaired) electrons. The van der Waals surface area contributed by atoms with Crippen LogP contribution in [0.3, 0.4) is 0 Å². The Labute approximate surface area is 178 Å². The van der Waals surface area contributed by atoms with Gasteiger partial charge in [-0.25, -0.2) is 9.78 Å². The van der Waals surface area contributed by atoms with Crippen LogP contribution in [0.4, 0.5) is 0 Å². The second-order valence-electron chi connectivity index (χ2n) is 7.06. The van der Waals surface area contributed by atoms with Gasteiger partial charge in [0, 0.05) is 12.6 Å². The molecule has 1 aromatic carbocycles. The van der Waals surface area contributed by atoms with Crippen molar-refractivity contribution in [3.05, 3.63) is 58.3 Å². The average Bonchev–Trinajstić information content (AvgIpc) is 3.23. The van der Waals surface area contributed by atoms with E-state index >= 15 is 0 Å². The van der Waals surface area contributed by atoms with E-state index in [4.69, 9.17) is 4.74 Å². The van der Waals surface area contributed by atoms with Crippen LogP contribution < -0.4 is 10.1 Å². The van der Waals surface area contributed by atoms with E-state index < -0.39 is 5.97 Å². The van der Waals surface area contributed by atoms with Gasteiger partial charge >= 0.3 is 5.97 Å². The number of hydrogen-bond donors (Lipinski definition) is 2. The van der Waals surface area contributed by atoms with Gasteiger partial charge in [0.15, 0.2) is 0 Å². The van der Waals surface area contributed by atoms with Crippen LogP contribution in [0.5, 0.6) is 11.6 Å². The van der Waals surface area contributed by atoms with Gasteiger partial charge in [-0.05, 0) is 64.2 Å². The number of nitrogens with one attached hydrogen (secondary N) is 1. The monoisotopic (exact) mass is 458 g/mol. The molecule has 29 heavy (non-hydrogen) atoms. The number of nitrogens with zero attached hydrogens (tertiary/aromatic N) is 1.